The molecule has 1 aliphatic rings. The summed E-state index contributed by atoms with van der Waals surface area (Å²) >= 11 is 0. The summed E-state index contributed by atoms with van der Waals surface area (Å²) in [5.41, 5.74) is 0.802. The van der Waals surface area contributed by atoms with E-state index in [4.69, 9.17) is 4.74 Å². The van der Waals surface area contributed by atoms with Crippen molar-refractivity contribution in [2.24, 2.45) is 11.8 Å². The van der Waals surface area contributed by atoms with Crippen LogP contribution in [0.3, 0.4) is 0 Å². The second kappa shape index (κ2) is 8.18. The second-order valence-corrected chi connectivity index (χ2v) is 6.74. The van der Waals surface area contributed by atoms with E-state index in [0.717, 1.165) is 30.4 Å². The molecule has 2 rings (SSSR count). The van der Waals surface area contributed by atoms with Gasteiger partial charge in [0.15, 0.2) is 0 Å². The van der Waals surface area contributed by atoms with Gasteiger partial charge in [-0.1, -0.05) is 26.8 Å². The second-order valence-electron chi connectivity index (χ2n) is 6.74. The highest BCUT2D eigenvalue weighted by molar-refractivity contribution is 5.92. The summed E-state index contributed by atoms with van der Waals surface area (Å²) in [5, 5.41) is 2.97. The van der Waals surface area contributed by atoms with E-state index < -0.39 is 0 Å². The maximum atomic E-state index is 12.1. The van der Waals surface area contributed by atoms with E-state index in [1.807, 2.05) is 24.3 Å². The van der Waals surface area contributed by atoms with Gasteiger partial charge in [0.25, 0.3) is 0 Å². The Morgan fingerprint density at radius 3 is 2.77 bits per heavy atom. The van der Waals surface area contributed by atoms with Crippen LogP contribution in [0.5, 0.6) is 5.75 Å². The van der Waals surface area contributed by atoms with Crippen molar-refractivity contribution in [1.82, 2.24) is 4.90 Å². The molecule has 4 heteroatoms. The Balaban J connectivity index is 1.82. The number of nitrogens with zero attached hydrogens (tertiary/aromatic N) is 1. The van der Waals surface area contributed by atoms with Gasteiger partial charge in [-0.3, -0.25) is 9.69 Å². The lowest BCUT2D eigenvalue weighted by molar-refractivity contribution is -0.117. The minimum Gasteiger partial charge on any atom is -0.493 e. The SMILES string of the molecule is CC(C)COc1cccc(NC(=O)CN2CCC(C)CC2)c1. The predicted octanol–water partition coefficient (Wildman–Crippen LogP) is 3.39. The molecule has 1 saturated heterocycles. The Labute approximate surface area is 133 Å². The summed E-state index contributed by atoms with van der Waals surface area (Å²) in [6, 6.07) is 7.62. The number of rotatable bonds is 6. The monoisotopic (exact) mass is 304 g/mol. The number of anilines is 1. The number of piperidine rings is 1. The Hall–Kier alpha value is -1.55. The van der Waals surface area contributed by atoms with Crippen LogP contribution in [0.4, 0.5) is 5.69 Å². The predicted molar refractivity (Wildman–Crippen MR) is 90.2 cm³/mol. The molecule has 1 N–H and O–H groups in total. The van der Waals surface area contributed by atoms with Crippen LogP contribution < -0.4 is 10.1 Å². The first-order valence-corrected chi connectivity index (χ1v) is 8.28. The summed E-state index contributed by atoms with van der Waals surface area (Å²) < 4.78 is 5.69. The molecule has 1 amide bonds. The Bertz CT molecular complexity index is 480. The van der Waals surface area contributed by atoms with E-state index in [2.05, 4.69) is 31.0 Å². The first-order valence-electron chi connectivity index (χ1n) is 8.28. The van der Waals surface area contributed by atoms with Crippen molar-refractivity contribution in [1.29, 1.82) is 0 Å². The number of likely N-dealkylation sites (tertiary alicyclic amines) is 1. The van der Waals surface area contributed by atoms with Crippen molar-refractivity contribution in [3.8, 4) is 5.75 Å². The molecule has 0 radical (unpaired) electrons. The summed E-state index contributed by atoms with van der Waals surface area (Å²) in [5.74, 6) is 2.13. The molecule has 22 heavy (non-hydrogen) atoms. The largest absolute Gasteiger partial charge is 0.493 e. The molecule has 1 fully saturated rings. The number of benzene rings is 1. The molecule has 0 bridgehead atoms. The molecule has 1 aromatic rings. The third-order valence-corrected chi connectivity index (χ3v) is 3.94. The van der Waals surface area contributed by atoms with Crippen molar-refractivity contribution in [2.75, 3.05) is 31.6 Å². The molecule has 0 aromatic heterocycles. The number of nitrogens with one attached hydrogen (secondary N) is 1. The van der Waals surface area contributed by atoms with Gasteiger partial charge in [0.2, 0.25) is 5.91 Å². The third-order valence-electron chi connectivity index (χ3n) is 3.94. The number of carbonyl (C=O) groups excluding carboxylic acids is 1. The lowest BCUT2D eigenvalue weighted by atomic mass is 9.99. The van der Waals surface area contributed by atoms with Gasteiger partial charge in [0.05, 0.1) is 13.2 Å². The quantitative estimate of drug-likeness (QED) is 0.876. The van der Waals surface area contributed by atoms with Crippen molar-refractivity contribution >= 4 is 11.6 Å². The van der Waals surface area contributed by atoms with Crippen LogP contribution in [0.2, 0.25) is 0 Å². The maximum Gasteiger partial charge on any atom is 0.238 e. The lowest BCUT2D eigenvalue weighted by Gasteiger charge is -2.29. The molecule has 1 heterocycles. The fourth-order valence-electron chi connectivity index (χ4n) is 2.55. The number of hydrogen-bond donors (Lipinski definition) is 1. The Morgan fingerprint density at radius 1 is 1.36 bits per heavy atom. The molecule has 0 aliphatic carbocycles. The van der Waals surface area contributed by atoms with Crippen molar-refractivity contribution < 1.29 is 9.53 Å². The normalized spacial score (nSPS) is 16.7. The van der Waals surface area contributed by atoms with E-state index in [1.165, 1.54) is 12.8 Å². The van der Waals surface area contributed by atoms with Gasteiger partial charge in [-0.2, -0.15) is 0 Å². The van der Waals surface area contributed by atoms with Crippen LogP contribution in [0.15, 0.2) is 24.3 Å². The fourth-order valence-corrected chi connectivity index (χ4v) is 2.55. The van der Waals surface area contributed by atoms with Crippen LogP contribution in [-0.2, 0) is 4.79 Å². The van der Waals surface area contributed by atoms with Crippen LogP contribution in [0, 0.1) is 11.8 Å². The smallest absolute Gasteiger partial charge is 0.238 e. The highest BCUT2D eigenvalue weighted by Gasteiger charge is 2.17. The molecule has 0 saturated carbocycles. The molecule has 0 atom stereocenters. The fraction of sp³-hybridized carbons (Fsp3) is 0.611. The number of amides is 1. The molecule has 122 valence electrons. The summed E-state index contributed by atoms with van der Waals surface area (Å²) in [6.07, 6.45) is 2.37. The van der Waals surface area contributed by atoms with E-state index >= 15 is 0 Å². The molecule has 4 nitrogen and oxygen atoms in total. The van der Waals surface area contributed by atoms with Gasteiger partial charge in [-0.05, 0) is 49.9 Å². The summed E-state index contributed by atoms with van der Waals surface area (Å²) in [6.45, 7) is 9.71. The highest BCUT2D eigenvalue weighted by Crippen LogP contribution is 2.19. The summed E-state index contributed by atoms with van der Waals surface area (Å²) in [4.78, 5) is 14.4. The van der Waals surface area contributed by atoms with Crippen molar-refractivity contribution in [2.45, 2.75) is 33.6 Å². The highest BCUT2D eigenvalue weighted by atomic mass is 16.5. The molecule has 1 aliphatic heterocycles. The van der Waals surface area contributed by atoms with Crippen LogP contribution in [-0.4, -0.2) is 37.0 Å². The van der Waals surface area contributed by atoms with E-state index in [9.17, 15) is 4.79 Å². The van der Waals surface area contributed by atoms with Crippen LogP contribution >= 0.6 is 0 Å². The average Bonchev–Trinajstić information content (AvgIpc) is 2.48. The van der Waals surface area contributed by atoms with Gasteiger partial charge >= 0.3 is 0 Å². The first-order chi connectivity index (χ1) is 10.5. The molecule has 1 aromatic carbocycles. The van der Waals surface area contributed by atoms with Gasteiger partial charge in [-0.25, -0.2) is 0 Å². The number of hydrogen-bond acceptors (Lipinski definition) is 3. The average molecular weight is 304 g/mol. The zero-order valence-electron chi connectivity index (χ0n) is 14.0. The van der Waals surface area contributed by atoms with Gasteiger partial charge < -0.3 is 10.1 Å². The zero-order chi connectivity index (χ0) is 15.9. The minimum atomic E-state index is 0.0514. The van der Waals surface area contributed by atoms with Crippen LogP contribution in [0.1, 0.15) is 33.6 Å². The molecule has 0 spiro atoms. The topological polar surface area (TPSA) is 41.6 Å². The molecular weight excluding hydrogens is 276 g/mol. The minimum absolute atomic E-state index is 0.0514. The number of ether oxygens (including phenoxy) is 1. The standard InChI is InChI=1S/C18H28N2O2/c1-14(2)13-22-17-6-4-5-16(11-17)19-18(21)12-20-9-7-15(3)8-10-20/h4-6,11,14-15H,7-10,12-13H2,1-3H3,(H,19,21). The van der Waals surface area contributed by atoms with E-state index in [1.54, 1.807) is 0 Å². The molecule has 0 unspecified atom stereocenters. The first kappa shape index (κ1) is 16.8. The van der Waals surface area contributed by atoms with Gasteiger partial charge in [0, 0.05) is 11.8 Å². The van der Waals surface area contributed by atoms with Crippen molar-refractivity contribution in [3.05, 3.63) is 24.3 Å². The summed E-state index contributed by atoms with van der Waals surface area (Å²) in [7, 11) is 0. The Kier molecular flexibility index (Phi) is 6.25. The Morgan fingerprint density at radius 2 is 2.09 bits per heavy atom. The maximum absolute atomic E-state index is 12.1. The molecular formula is C18H28N2O2. The zero-order valence-corrected chi connectivity index (χ0v) is 14.0. The van der Waals surface area contributed by atoms with Crippen molar-refractivity contribution in [3.63, 3.8) is 0 Å². The van der Waals surface area contributed by atoms with Gasteiger partial charge in [0.1, 0.15) is 5.75 Å². The lowest BCUT2D eigenvalue weighted by Crippen LogP contribution is -2.38. The van der Waals surface area contributed by atoms with Crippen LogP contribution in [0.25, 0.3) is 0 Å². The van der Waals surface area contributed by atoms with Gasteiger partial charge in [-0.15, -0.1) is 0 Å². The third kappa shape index (κ3) is 5.68. The van der Waals surface area contributed by atoms with E-state index in [0.29, 0.717) is 19.1 Å². The number of carbonyl (C=O) groups is 1. The van der Waals surface area contributed by atoms with E-state index in [-0.39, 0.29) is 5.91 Å².